The molecule has 116 valence electrons. The molecule has 2 heterocycles. The van der Waals surface area contributed by atoms with Crippen LogP contribution in [0.5, 0.6) is 0 Å². The average Bonchev–Trinajstić information content (AvgIpc) is 3.09. The maximum absolute atomic E-state index is 11.8. The van der Waals surface area contributed by atoms with Crippen LogP contribution in [-0.4, -0.2) is 55.9 Å². The highest BCUT2D eigenvalue weighted by molar-refractivity contribution is 5.89. The van der Waals surface area contributed by atoms with Gasteiger partial charge in [0.25, 0.3) is 0 Å². The van der Waals surface area contributed by atoms with Gasteiger partial charge < -0.3 is 29.4 Å². The first kappa shape index (κ1) is 14.2. The number of aliphatic hydroxyl groups excluding tert-OH is 1. The lowest BCUT2D eigenvalue weighted by Crippen LogP contribution is -2.44. The summed E-state index contributed by atoms with van der Waals surface area (Å²) in [7, 11) is 2.75. The number of esters is 1. The fraction of sp³-hybridized carbons (Fsp3) is 0.692. The number of ether oxygens (including phenoxy) is 4. The fourth-order valence-corrected chi connectivity index (χ4v) is 3.36. The molecule has 2 aliphatic heterocycles. The van der Waals surface area contributed by atoms with Crippen molar-refractivity contribution in [2.45, 2.75) is 24.4 Å². The Labute approximate surface area is 121 Å². The summed E-state index contributed by atoms with van der Waals surface area (Å²) in [5.74, 6) is -1.18. The molecule has 3 rings (SSSR count). The van der Waals surface area contributed by atoms with Crippen molar-refractivity contribution in [1.29, 1.82) is 0 Å². The first-order valence-electron chi connectivity index (χ1n) is 6.67. The summed E-state index contributed by atoms with van der Waals surface area (Å²) in [4.78, 5) is 23.0. The molecule has 8 nitrogen and oxygen atoms in total. The molecule has 5 unspecified atom stereocenters. The predicted octanol–water partition coefficient (Wildman–Crippen LogP) is -0.478. The molecule has 0 aromatic heterocycles. The summed E-state index contributed by atoms with van der Waals surface area (Å²) < 4.78 is 20.5. The van der Waals surface area contributed by atoms with Gasteiger partial charge in [-0.05, 0) is 6.42 Å². The molecule has 0 aromatic rings. The van der Waals surface area contributed by atoms with Crippen molar-refractivity contribution in [3.63, 3.8) is 0 Å². The SMILES string of the molecule is CNC(=O)OCC12OC1CC1C(C(=O)OC)=COC(O)C12. The van der Waals surface area contributed by atoms with Gasteiger partial charge >= 0.3 is 12.1 Å². The molecule has 2 N–H and O–H groups in total. The predicted molar refractivity (Wildman–Crippen MR) is 66.8 cm³/mol. The van der Waals surface area contributed by atoms with Crippen LogP contribution < -0.4 is 5.32 Å². The lowest BCUT2D eigenvalue weighted by molar-refractivity contribution is -0.153. The molecule has 1 aliphatic carbocycles. The summed E-state index contributed by atoms with van der Waals surface area (Å²) >= 11 is 0. The lowest BCUT2D eigenvalue weighted by atomic mass is 9.82. The number of fused-ring (bicyclic) bond motifs is 3. The van der Waals surface area contributed by atoms with E-state index in [4.69, 9.17) is 18.9 Å². The van der Waals surface area contributed by atoms with Gasteiger partial charge in [0.05, 0.1) is 31.0 Å². The normalized spacial score (nSPS) is 39.3. The largest absolute Gasteiger partial charge is 0.472 e. The van der Waals surface area contributed by atoms with E-state index in [1.165, 1.54) is 20.4 Å². The maximum atomic E-state index is 11.8. The summed E-state index contributed by atoms with van der Waals surface area (Å²) in [6.45, 7) is 0.00732. The fourth-order valence-electron chi connectivity index (χ4n) is 3.36. The number of hydrogen-bond donors (Lipinski definition) is 2. The number of carbonyl (C=O) groups is 2. The van der Waals surface area contributed by atoms with E-state index in [1.807, 2.05) is 0 Å². The van der Waals surface area contributed by atoms with Crippen LogP contribution in [0.4, 0.5) is 4.79 Å². The lowest BCUT2D eigenvalue weighted by Gasteiger charge is -2.34. The van der Waals surface area contributed by atoms with Crippen molar-refractivity contribution >= 4 is 12.1 Å². The van der Waals surface area contributed by atoms with Gasteiger partial charge in [-0.3, -0.25) is 0 Å². The zero-order valence-corrected chi connectivity index (χ0v) is 11.7. The van der Waals surface area contributed by atoms with E-state index in [9.17, 15) is 14.7 Å². The molecular weight excluding hydrogens is 282 g/mol. The van der Waals surface area contributed by atoms with Gasteiger partial charge in [-0.15, -0.1) is 0 Å². The van der Waals surface area contributed by atoms with Gasteiger partial charge in [0.2, 0.25) is 6.29 Å². The van der Waals surface area contributed by atoms with Crippen LogP contribution in [0.3, 0.4) is 0 Å². The Kier molecular flexibility index (Phi) is 3.29. The van der Waals surface area contributed by atoms with Crippen molar-refractivity contribution in [1.82, 2.24) is 5.32 Å². The Morgan fingerprint density at radius 3 is 3.00 bits per heavy atom. The van der Waals surface area contributed by atoms with Crippen LogP contribution in [0.25, 0.3) is 0 Å². The van der Waals surface area contributed by atoms with Crippen LogP contribution in [0.1, 0.15) is 6.42 Å². The highest BCUT2D eigenvalue weighted by Crippen LogP contribution is 2.60. The molecule has 0 bridgehead atoms. The van der Waals surface area contributed by atoms with Gasteiger partial charge in [-0.2, -0.15) is 0 Å². The van der Waals surface area contributed by atoms with Crippen LogP contribution in [0.2, 0.25) is 0 Å². The molecule has 8 heteroatoms. The molecule has 1 amide bonds. The first-order valence-corrected chi connectivity index (χ1v) is 6.67. The minimum Gasteiger partial charge on any atom is -0.472 e. The number of nitrogens with one attached hydrogen (secondary N) is 1. The summed E-state index contributed by atoms with van der Waals surface area (Å²) in [5.41, 5.74) is -0.410. The number of carbonyl (C=O) groups excluding carboxylic acids is 2. The molecule has 2 fully saturated rings. The van der Waals surface area contributed by atoms with Gasteiger partial charge in [0, 0.05) is 13.0 Å². The minimum absolute atomic E-state index is 0.00732. The average molecular weight is 299 g/mol. The Morgan fingerprint density at radius 2 is 2.33 bits per heavy atom. The van der Waals surface area contributed by atoms with E-state index in [2.05, 4.69) is 5.32 Å². The number of epoxide rings is 1. The van der Waals surface area contributed by atoms with Crippen molar-refractivity contribution < 1.29 is 33.6 Å². The quantitative estimate of drug-likeness (QED) is 0.535. The van der Waals surface area contributed by atoms with Crippen LogP contribution >= 0.6 is 0 Å². The second-order valence-corrected chi connectivity index (χ2v) is 5.35. The van der Waals surface area contributed by atoms with Gasteiger partial charge in [-0.25, -0.2) is 9.59 Å². The second kappa shape index (κ2) is 4.88. The Morgan fingerprint density at radius 1 is 1.57 bits per heavy atom. The zero-order valence-electron chi connectivity index (χ0n) is 11.7. The number of hydrogen-bond acceptors (Lipinski definition) is 7. The smallest absolute Gasteiger partial charge is 0.406 e. The van der Waals surface area contributed by atoms with Gasteiger partial charge in [0.15, 0.2) is 0 Å². The van der Waals surface area contributed by atoms with E-state index < -0.39 is 29.9 Å². The van der Waals surface area contributed by atoms with Crippen molar-refractivity contribution in [3.05, 3.63) is 11.8 Å². The zero-order chi connectivity index (χ0) is 15.2. The van der Waals surface area contributed by atoms with Crippen molar-refractivity contribution in [3.8, 4) is 0 Å². The number of methoxy groups -OCH3 is 1. The number of aliphatic hydroxyl groups is 1. The third-order valence-electron chi connectivity index (χ3n) is 4.41. The molecule has 1 saturated carbocycles. The molecule has 3 aliphatic rings. The number of alkyl carbamates (subject to hydrolysis) is 1. The standard InChI is InChI=1S/C13H17NO7/c1-14-12(17)20-5-13-8(21-13)3-6-7(10(15)18-2)4-19-11(16)9(6)13/h4,6,8-9,11,16H,3,5H2,1-2H3,(H,14,17). The Hall–Kier alpha value is -1.80. The van der Waals surface area contributed by atoms with E-state index in [1.54, 1.807) is 0 Å². The van der Waals surface area contributed by atoms with Crippen LogP contribution in [0, 0.1) is 11.8 Å². The highest BCUT2D eigenvalue weighted by atomic mass is 16.7. The van der Waals surface area contributed by atoms with Crippen LogP contribution in [-0.2, 0) is 23.7 Å². The molecule has 0 spiro atoms. The van der Waals surface area contributed by atoms with E-state index >= 15 is 0 Å². The summed E-state index contributed by atoms with van der Waals surface area (Å²) in [5, 5.41) is 12.4. The van der Waals surface area contributed by atoms with Crippen molar-refractivity contribution in [2.24, 2.45) is 11.8 Å². The third kappa shape index (κ3) is 2.06. The maximum Gasteiger partial charge on any atom is 0.406 e. The second-order valence-electron chi connectivity index (χ2n) is 5.35. The van der Waals surface area contributed by atoms with Gasteiger partial charge in [0.1, 0.15) is 12.2 Å². The molecule has 0 radical (unpaired) electrons. The Balaban J connectivity index is 1.78. The Bertz CT molecular complexity index is 505. The van der Waals surface area contributed by atoms with E-state index in [0.717, 1.165) is 0 Å². The monoisotopic (exact) mass is 299 g/mol. The van der Waals surface area contributed by atoms with E-state index in [-0.39, 0.29) is 18.6 Å². The topological polar surface area (TPSA) is 107 Å². The van der Waals surface area contributed by atoms with Gasteiger partial charge in [-0.1, -0.05) is 0 Å². The molecule has 5 atom stereocenters. The number of rotatable bonds is 3. The third-order valence-corrected chi connectivity index (χ3v) is 4.41. The number of amides is 1. The highest BCUT2D eigenvalue weighted by Gasteiger charge is 2.73. The summed E-state index contributed by atoms with van der Waals surface area (Å²) in [6, 6.07) is 0. The molecule has 1 saturated heterocycles. The molecular formula is C13H17NO7. The van der Waals surface area contributed by atoms with Crippen molar-refractivity contribution in [2.75, 3.05) is 20.8 Å². The minimum atomic E-state index is -1.11. The molecule has 0 aromatic carbocycles. The van der Waals surface area contributed by atoms with E-state index in [0.29, 0.717) is 12.0 Å². The first-order chi connectivity index (χ1) is 10.0. The molecule has 21 heavy (non-hydrogen) atoms. The van der Waals surface area contributed by atoms with Crippen LogP contribution in [0.15, 0.2) is 11.8 Å². The summed E-state index contributed by atoms with van der Waals surface area (Å²) in [6.07, 6.45) is -0.0402.